The van der Waals surface area contributed by atoms with Crippen LogP contribution in [0.4, 0.5) is 5.69 Å². The van der Waals surface area contributed by atoms with Gasteiger partial charge in [0.1, 0.15) is 10.6 Å². The van der Waals surface area contributed by atoms with Crippen LogP contribution in [0.5, 0.6) is 11.6 Å². The van der Waals surface area contributed by atoms with E-state index in [1.807, 2.05) is 20.8 Å². The molecule has 12 heteroatoms. The number of nitrogens with one attached hydrogen (secondary N) is 2. The second-order valence-electron chi connectivity index (χ2n) is 8.96. The van der Waals surface area contributed by atoms with Gasteiger partial charge in [0.2, 0.25) is 21.8 Å². The van der Waals surface area contributed by atoms with Crippen LogP contribution in [0.15, 0.2) is 23.1 Å². The first kappa shape index (κ1) is 27.3. The highest BCUT2D eigenvalue weighted by atomic mass is 32.2. The van der Waals surface area contributed by atoms with Gasteiger partial charge in [0.25, 0.3) is 0 Å². The summed E-state index contributed by atoms with van der Waals surface area (Å²) in [6.07, 6.45) is 0. The van der Waals surface area contributed by atoms with Crippen molar-refractivity contribution < 1.29 is 32.6 Å². The van der Waals surface area contributed by atoms with E-state index in [1.54, 1.807) is 13.8 Å². The molecule has 3 N–H and O–H groups in total. The van der Waals surface area contributed by atoms with Crippen LogP contribution >= 0.6 is 0 Å². The van der Waals surface area contributed by atoms with Crippen molar-refractivity contribution in [3.8, 4) is 11.6 Å². The van der Waals surface area contributed by atoms with Crippen LogP contribution in [0, 0.1) is 12.8 Å². The number of aromatic carboxylic acids is 1. The van der Waals surface area contributed by atoms with E-state index in [9.17, 15) is 23.1 Å². The lowest BCUT2D eigenvalue weighted by molar-refractivity contribution is -0.118. The van der Waals surface area contributed by atoms with Crippen LogP contribution < -0.4 is 14.8 Å². The highest BCUT2D eigenvalue weighted by Crippen LogP contribution is 2.36. The second kappa shape index (κ2) is 10.5. The molecule has 0 saturated carbocycles. The largest absolute Gasteiger partial charge is 0.476 e. The van der Waals surface area contributed by atoms with Gasteiger partial charge < -0.3 is 19.9 Å². The number of nitrogens with zero attached hydrogens (tertiary/aromatic N) is 2. The summed E-state index contributed by atoms with van der Waals surface area (Å²) in [6, 6.07) is 4.20. The molecule has 188 valence electrons. The van der Waals surface area contributed by atoms with Crippen molar-refractivity contribution in [2.24, 2.45) is 5.92 Å². The van der Waals surface area contributed by atoms with E-state index in [-0.39, 0.29) is 58.4 Å². The fourth-order valence-corrected chi connectivity index (χ4v) is 4.05. The smallest absolute Gasteiger partial charge is 0.356 e. The third-order valence-electron chi connectivity index (χ3n) is 4.74. The topological polar surface area (TPSA) is 149 Å². The van der Waals surface area contributed by atoms with Crippen molar-refractivity contribution in [3.05, 3.63) is 29.5 Å². The molecule has 0 unspecified atom stereocenters. The number of carboxylic acid groups (broad SMARTS) is 1. The maximum absolute atomic E-state index is 13.1. The van der Waals surface area contributed by atoms with Gasteiger partial charge in [0, 0.05) is 30.8 Å². The Morgan fingerprint density at radius 2 is 1.88 bits per heavy atom. The number of anilines is 1. The molecule has 0 spiro atoms. The average molecular weight is 497 g/mol. The third kappa shape index (κ3) is 6.33. The predicted molar refractivity (Wildman–Crippen MR) is 126 cm³/mol. The Balaban J connectivity index is 2.63. The lowest BCUT2D eigenvalue weighted by Gasteiger charge is -2.23. The summed E-state index contributed by atoms with van der Waals surface area (Å²) < 4.78 is 40.9. The molecule has 1 amide bonds. The summed E-state index contributed by atoms with van der Waals surface area (Å²) in [5.41, 5.74) is -0.344. The van der Waals surface area contributed by atoms with E-state index >= 15 is 0 Å². The molecule has 2 rings (SSSR count). The molecule has 1 aromatic carbocycles. The number of carbonyl (C=O) groups excluding carboxylic acids is 1. The van der Waals surface area contributed by atoms with Crippen molar-refractivity contribution in [2.75, 3.05) is 25.6 Å². The number of sulfonamides is 1. The van der Waals surface area contributed by atoms with Crippen molar-refractivity contribution in [3.63, 3.8) is 0 Å². The summed E-state index contributed by atoms with van der Waals surface area (Å²) >= 11 is 0. The predicted octanol–water partition coefficient (Wildman–Crippen LogP) is 2.96. The van der Waals surface area contributed by atoms with Gasteiger partial charge in [-0.3, -0.25) is 4.79 Å². The number of carboxylic acids is 1. The molecule has 0 aliphatic carbocycles. The van der Waals surface area contributed by atoms with E-state index in [0.717, 1.165) is 0 Å². The monoisotopic (exact) mass is 496 g/mol. The Labute approximate surface area is 199 Å². The van der Waals surface area contributed by atoms with Gasteiger partial charge in [-0.15, -0.1) is 0 Å². The van der Waals surface area contributed by atoms with Crippen LogP contribution in [0.25, 0.3) is 0 Å². The van der Waals surface area contributed by atoms with Gasteiger partial charge in [-0.25, -0.2) is 22.6 Å². The normalized spacial score (nSPS) is 12.1. The van der Waals surface area contributed by atoms with Gasteiger partial charge in [0.05, 0.1) is 12.1 Å². The highest BCUT2D eigenvalue weighted by Gasteiger charge is 2.29. The number of hydrogen-bond acceptors (Lipinski definition) is 7. The number of hydrogen-bond donors (Lipinski definition) is 3. The van der Waals surface area contributed by atoms with Crippen LogP contribution in [0.3, 0.4) is 0 Å². The molecule has 1 heterocycles. The minimum atomic E-state index is -4.08. The zero-order valence-corrected chi connectivity index (χ0v) is 21.2. The van der Waals surface area contributed by atoms with Crippen LogP contribution in [-0.4, -0.2) is 55.4 Å². The van der Waals surface area contributed by atoms with Gasteiger partial charge in [0.15, 0.2) is 5.69 Å². The molecular formula is C22H32N4O7S. The fourth-order valence-electron chi connectivity index (χ4n) is 2.88. The summed E-state index contributed by atoms with van der Waals surface area (Å²) in [4.78, 5) is 23.6. The molecule has 1 aromatic heterocycles. The number of amides is 1. The number of rotatable bonds is 10. The lowest BCUT2D eigenvalue weighted by atomic mass is 10.1. The molecule has 0 radical (unpaired) electrons. The zero-order chi connectivity index (χ0) is 25.8. The maximum atomic E-state index is 13.1. The first-order valence-corrected chi connectivity index (χ1v) is 12.1. The van der Waals surface area contributed by atoms with E-state index in [0.29, 0.717) is 0 Å². The Kier molecular flexibility index (Phi) is 8.45. The van der Waals surface area contributed by atoms with Crippen LogP contribution in [0.1, 0.15) is 50.7 Å². The summed E-state index contributed by atoms with van der Waals surface area (Å²) in [5.74, 6) is -1.78. The first-order chi connectivity index (χ1) is 15.7. The van der Waals surface area contributed by atoms with Crippen molar-refractivity contribution in [2.45, 2.75) is 52.0 Å². The van der Waals surface area contributed by atoms with Gasteiger partial charge in [-0.1, -0.05) is 13.8 Å². The maximum Gasteiger partial charge on any atom is 0.356 e. The molecule has 2 aromatic rings. The molecule has 0 saturated heterocycles. The quantitative estimate of drug-likeness (QED) is 0.425. The van der Waals surface area contributed by atoms with E-state index < -0.39 is 21.5 Å². The molecule has 34 heavy (non-hydrogen) atoms. The molecule has 0 aliphatic rings. The zero-order valence-electron chi connectivity index (χ0n) is 20.4. The SMILES string of the molecule is COCCNS(=O)(=O)c1cc(NC(=O)C(C)C)ccc1Oc1c(C)c(C(=O)O)nn1C(C)(C)C. The number of benzene rings is 1. The molecule has 0 bridgehead atoms. The third-order valence-corrected chi connectivity index (χ3v) is 6.22. The van der Waals surface area contributed by atoms with Gasteiger partial charge in [-0.2, -0.15) is 5.10 Å². The summed E-state index contributed by atoms with van der Waals surface area (Å²) in [7, 11) is -2.64. The Morgan fingerprint density at radius 3 is 2.41 bits per heavy atom. The Bertz CT molecular complexity index is 1160. The highest BCUT2D eigenvalue weighted by molar-refractivity contribution is 7.89. The number of methoxy groups -OCH3 is 1. The number of carbonyl (C=O) groups is 2. The molecule has 0 atom stereocenters. The van der Waals surface area contributed by atoms with E-state index in [2.05, 4.69) is 15.1 Å². The minimum Gasteiger partial charge on any atom is -0.476 e. The average Bonchev–Trinajstić information content (AvgIpc) is 3.05. The first-order valence-electron chi connectivity index (χ1n) is 10.6. The molecule has 0 aliphatic heterocycles. The summed E-state index contributed by atoms with van der Waals surface area (Å²) in [6.45, 7) is 10.6. The molecule has 0 fully saturated rings. The van der Waals surface area contributed by atoms with Gasteiger partial charge >= 0.3 is 5.97 Å². The fraction of sp³-hybridized carbons (Fsp3) is 0.500. The summed E-state index contributed by atoms with van der Waals surface area (Å²) in [5, 5.41) is 16.3. The lowest BCUT2D eigenvalue weighted by Crippen LogP contribution is -2.28. The Morgan fingerprint density at radius 1 is 1.24 bits per heavy atom. The van der Waals surface area contributed by atoms with Gasteiger partial charge in [-0.05, 0) is 45.9 Å². The van der Waals surface area contributed by atoms with Crippen molar-refractivity contribution in [1.82, 2.24) is 14.5 Å². The van der Waals surface area contributed by atoms with Crippen LogP contribution in [0.2, 0.25) is 0 Å². The molecular weight excluding hydrogens is 464 g/mol. The second-order valence-corrected chi connectivity index (χ2v) is 10.7. The van der Waals surface area contributed by atoms with Crippen molar-refractivity contribution in [1.29, 1.82) is 0 Å². The van der Waals surface area contributed by atoms with E-state index in [4.69, 9.17) is 9.47 Å². The standard InChI is InChI=1S/C22H32N4O7S/c1-13(2)19(27)24-15-8-9-16(17(12-15)34(30,31)23-10-11-32-7)33-20-14(3)18(21(28)29)25-26(20)22(4,5)6/h8-9,12-13,23H,10-11H2,1-7H3,(H,24,27)(H,28,29). The minimum absolute atomic E-state index is 0.0168. The number of aromatic nitrogens is 2. The van der Waals surface area contributed by atoms with Crippen LogP contribution in [-0.2, 0) is 25.1 Å². The number of ether oxygens (including phenoxy) is 2. The molecule has 11 nitrogen and oxygen atoms in total. The Hall–Kier alpha value is -2.96. The van der Waals surface area contributed by atoms with Crippen molar-refractivity contribution >= 4 is 27.6 Å². The van der Waals surface area contributed by atoms with E-state index in [1.165, 1.54) is 36.9 Å².